The van der Waals surface area contributed by atoms with Crippen molar-refractivity contribution in [1.29, 1.82) is 0 Å². The normalized spacial score (nSPS) is 17.4. The van der Waals surface area contributed by atoms with E-state index in [2.05, 4.69) is 53.1 Å². The fraction of sp³-hybridized carbons (Fsp3) is 0.391. The van der Waals surface area contributed by atoms with E-state index in [4.69, 9.17) is 11.6 Å². The number of benzene rings is 1. The zero-order valence-electron chi connectivity index (χ0n) is 17.2. The van der Waals surface area contributed by atoms with E-state index in [0.29, 0.717) is 18.1 Å². The van der Waals surface area contributed by atoms with Crippen LogP contribution in [0.2, 0.25) is 0 Å². The molecule has 0 fully saturated rings. The number of rotatable bonds is 6. The van der Waals surface area contributed by atoms with Gasteiger partial charge in [0.25, 0.3) is 5.56 Å². The number of aromatic amines is 2. The van der Waals surface area contributed by atoms with Gasteiger partial charge in [0.1, 0.15) is 5.52 Å². The van der Waals surface area contributed by atoms with E-state index in [1.54, 1.807) is 0 Å². The molecule has 1 aromatic carbocycles. The number of aryl methyl sites for hydroxylation is 1. The number of nitrogens with zero attached hydrogens (tertiary/aromatic N) is 2. The van der Waals surface area contributed by atoms with Gasteiger partial charge >= 0.3 is 11.3 Å². The van der Waals surface area contributed by atoms with Gasteiger partial charge in [0.15, 0.2) is 5.52 Å². The van der Waals surface area contributed by atoms with Crippen LogP contribution in [0, 0.1) is 0 Å². The Kier molecular flexibility index (Phi) is 5.86. The maximum Gasteiger partial charge on any atom is 0.413 e. The monoisotopic (exact) mass is 425 g/mol. The van der Waals surface area contributed by atoms with Crippen molar-refractivity contribution in [2.45, 2.75) is 57.4 Å². The lowest BCUT2D eigenvalue weighted by atomic mass is 9.98. The number of fused-ring (bicyclic) bond motifs is 2. The highest BCUT2D eigenvalue weighted by atomic mass is 35.5. The van der Waals surface area contributed by atoms with Crippen molar-refractivity contribution in [2.24, 2.45) is 0 Å². The third-order valence-corrected chi connectivity index (χ3v) is 6.17. The van der Waals surface area contributed by atoms with Crippen LogP contribution >= 0.6 is 11.6 Å². The van der Waals surface area contributed by atoms with Gasteiger partial charge < -0.3 is 0 Å². The van der Waals surface area contributed by atoms with Crippen molar-refractivity contribution in [1.82, 2.24) is 15.0 Å². The van der Waals surface area contributed by atoms with Crippen LogP contribution in [0.5, 0.6) is 0 Å². The predicted octanol–water partition coefficient (Wildman–Crippen LogP) is 3.84. The van der Waals surface area contributed by atoms with Crippen molar-refractivity contribution in [2.75, 3.05) is 0 Å². The van der Waals surface area contributed by atoms with Gasteiger partial charge in [-0.1, -0.05) is 43.7 Å². The maximum atomic E-state index is 12.4. The molecule has 156 valence electrons. The Morgan fingerprint density at radius 2 is 2.13 bits per heavy atom. The standard InChI is InChI=1S/C23H25ClN4O2/c1-3-14(2)16-8-11-19-18(13-16)25-20-21(26-23(30)27-22(20)29)28(19)12-4-5-15-6-9-17(24)10-7-15/h6-9,11,13-14,17H,3-5,10,12H2,1-2H3,(H,27,29,30)/p+1. The van der Waals surface area contributed by atoms with Gasteiger partial charge in [0.05, 0.1) is 11.9 Å². The molecule has 0 spiro atoms. The molecule has 4 rings (SSSR count). The average Bonchev–Trinajstić information content (AvgIpc) is 2.74. The van der Waals surface area contributed by atoms with E-state index in [1.807, 2.05) is 16.7 Å². The first-order valence-corrected chi connectivity index (χ1v) is 10.9. The Morgan fingerprint density at radius 3 is 2.87 bits per heavy atom. The largest absolute Gasteiger partial charge is 0.413 e. The summed E-state index contributed by atoms with van der Waals surface area (Å²) < 4.78 is 2.01. The molecule has 0 saturated carbocycles. The summed E-state index contributed by atoms with van der Waals surface area (Å²) in [4.78, 5) is 34.0. The van der Waals surface area contributed by atoms with E-state index >= 15 is 0 Å². The van der Waals surface area contributed by atoms with Gasteiger partial charge in [-0.15, -0.1) is 11.6 Å². The molecule has 2 atom stereocenters. The number of nitrogens with one attached hydrogen (secondary N) is 2. The summed E-state index contributed by atoms with van der Waals surface area (Å²) in [7, 11) is 0. The van der Waals surface area contributed by atoms with Gasteiger partial charge in [0.2, 0.25) is 5.52 Å². The minimum Gasteiger partial charge on any atom is -0.267 e. The molecular formula is C23H26ClN4O2+. The molecular weight excluding hydrogens is 400 g/mol. The molecule has 0 bridgehead atoms. The quantitative estimate of drug-likeness (QED) is 0.357. The number of alkyl halides is 1. The van der Waals surface area contributed by atoms with Crippen LogP contribution < -0.4 is 15.8 Å². The molecule has 3 aromatic rings. The topological polar surface area (TPSA) is 82.5 Å². The van der Waals surface area contributed by atoms with Gasteiger partial charge in [-0.3, -0.25) is 9.78 Å². The highest BCUT2D eigenvalue weighted by Gasteiger charge is 2.19. The fourth-order valence-electron chi connectivity index (χ4n) is 3.91. The molecule has 2 aromatic heterocycles. The van der Waals surface area contributed by atoms with E-state index in [0.717, 1.165) is 36.7 Å². The smallest absolute Gasteiger partial charge is 0.267 e. The molecule has 30 heavy (non-hydrogen) atoms. The number of H-pyrrole nitrogens is 2. The van der Waals surface area contributed by atoms with Gasteiger partial charge in [-0.2, -0.15) is 4.98 Å². The van der Waals surface area contributed by atoms with Crippen molar-refractivity contribution in [3.05, 3.63) is 68.4 Å². The van der Waals surface area contributed by atoms with Gasteiger partial charge in [0, 0.05) is 0 Å². The summed E-state index contributed by atoms with van der Waals surface area (Å²) in [5.74, 6) is 0.407. The Bertz CT molecular complexity index is 1270. The highest BCUT2D eigenvalue weighted by molar-refractivity contribution is 6.22. The number of hydrogen-bond acceptors (Lipinski definition) is 3. The first-order chi connectivity index (χ1) is 14.5. The second kappa shape index (κ2) is 8.56. The summed E-state index contributed by atoms with van der Waals surface area (Å²) in [6.45, 7) is 4.99. The molecule has 0 amide bonds. The van der Waals surface area contributed by atoms with Crippen molar-refractivity contribution >= 4 is 33.8 Å². The van der Waals surface area contributed by atoms with Gasteiger partial charge in [-0.05, 0) is 49.3 Å². The Labute approximate surface area is 179 Å². The molecule has 7 heteroatoms. The van der Waals surface area contributed by atoms with Crippen molar-refractivity contribution in [3.63, 3.8) is 0 Å². The first-order valence-electron chi connectivity index (χ1n) is 10.5. The second-order valence-electron chi connectivity index (χ2n) is 7.92. The predicted molar refractivity (Wildman–Crippen MR) is 120 cm³/mol. The van der Waals surface area contributed by atoms with E-state index in [-0.39, 0.29) is 10.9 Å². The van der Waals surface area contributed by atoms with Crippen LogP contribution in [0.15, 0.2) is 51.6 Å². The highest BCUT2D eigenvalue weighted by Crippen LogP contribution is 2.23. The molecule has 2 N–H and O–H groups in total. The van der Waals surface area contributed by atoms with E-state index in [9.17, 15) is 9.59 Å². The minimum absolute atomic E-state index is 0.0766. The third kappa shape index (κ3) is 4.10. The SMILES string of the molecule is CCC(C)c1ccc2c(c1)nc1c(=O)[nH]c(=O)[nH]c1[n+]2CCCC1=CCC(Cl)C=C1. The molecule has 2 heterocycles. The van der Waals surface area contributed by atoms with Crippen LogP contribution in [-0.4, -0.2) is 20.3 Å². The number of allylic oxidation sites excluding steroid dienone is 4. The molecule has 1 aliphatic carbocycles. The van der Waals surface area contributed by atoms with Gasteiger partial charge in [-0.25, -0.2) is 14.3 Å². The zero-order chi connectivity index (χ0) is 21.3. The van der Waals surface area contributed by atoms with E-state index < -0.39 is 11.2 Å². The first kappa shape index (κ1) is 20.5. The summed E-state index contributed by atoms with van der Waals surface area (Å²) in [5, 5.41) is 0.0766. The van der Waals surface area contributed by atoms with Crippen LogP contribution in [0.3, 0.4) is 0 Å². The van der Waals surface area contributed by atoms with Crippen LogP contribution in [0.1, 0.15) is 51.0 Å². The summed E-state index contributed by atoms with van der Waals surface area (Å²) >= 11 is 6.11. The Balaban J connectivity index is 1.77. The zero-order valence-corrected chi connectivity index (χ0v) is 18.0. The van der Waals surface area contributed by atoms with Crippen molar-refractivity contribution < 1.29 is 4.57 Å². The Morgan fingerprint density at radius 1 is 1.30 bits per heavy atom. The lowest BCUT2D eigenvalue weighted by molar-refractivity contribution is -0.647. The fourth-order valence-corrected chi connectivity index (χ4v) is 4.07. The molecule has 0 saturated heterocycles. The number of halogens is 1. The summed E-state index contributed by atoms with van der Waals surface area (Å²) in [6, 6.07) is 6.20. The van der Waals surface area contributed by atoms with E-state index in [1.165, 1.54) is 11.1 Å². The van der Waals surface area contributed by atoms with Crippen LogP contribution in [0.4, 0.5) is 0 Å². The minimum atomic E-state index is -0.523. The van der Waals surface area contributed by atoms with Crippen molar-refractivity contribution in [3.8, 4) is 0 Å². The molecule has 1 aliphatic rings. The van der Waals surface area contributed by atoms with Crippen LogP contribution in [0.25, 0.3) is 22.2 Å². The number of aromatic nitrogens is 4. The lowest BCUT2D eigenvalue weighted by Gasteiger charge is -2.13. The molecule has 6 nitrogen and oxygen atoms in total. The molecule has 2 unspecified atom stereocenters. The summed E-state index contributed by atoms with van der Waals surface area (Å²) in [6.07, 6.45) is 9.92. The third-order valence-electron chi connectivity index (χ3n) is 5.84. The molecule has 0 aliphatic heterocycles. The maximum absolute atomic E-state index is 12.4. The average molecular weight is 426 g/mol. The summed E-state index contributed by atoms with van der Waals surface area (Å²) in [5.41, 5.74) is 3.85. The lowest BCUT2D eigenvalue weighted by Crippen LogP contribution is -2.40. The molecule has 0 radical (unpaired) electrons. The Hall–Kier alpha value is -2.73. The second-order valence-corrected chi connectivity index (χ2v) is 8.48. The van der Waals surface area contributed by atoms with Crippen LogP contribution in [-0.2, 0) is 6.54 Å². The number of hydrogen-bond donors (Lipinski definition) is 2.